The summed E-state index contributed by atoms with van der Waals surface area (Å²) in [5.74, 6) is -0.180. The Morgan fingerprint density at radius 1 is 1.62 bits per heavy atom. The third kappa shape index (κ3) is 1.98. The first kappa shape index (κ1) is 9.98. The molecule has 0 aliphatic heterocycles. The Balaban J connectivity index is 3.11. The second-order valence-corrected chi connectivity index (χ2v) is 3.94. The lowest BCUT2D eigenvalue weighted by atomic mass is 10.1. The van der Waals surface area contributed by atoms with E-state index >= 15 is 0 Å². The average Bonchev–Trinajstić information content (AvgIpc) is 2.46. The zero-order chi connectivity index (χ0) is 10.0. The lowest BCUT2D eigenvalue weighted by Gasteiger charge is -2.02. The van der Waals surface area contributed by atoms with Crippen molar-refractivity contribution >= 4 is 22.4 Å². The molecule has 1 rings (SSSR count). The van der Waals surface area contributed by atoms with Gasteiger partial charge in [-0.15, -0.1) is 0 Å². The van der Waals surface area contributed by atoms with Crippen LogP contribution in [0.1, 0.15) is 35.1 Å². The number of rotatable bonds is 2. The Kier molecular flexibility index (Phi) is 2.87. The number of nitrogens with zero attached hydrogens (tertiary/aromatic N) is 1. The number of nitrogens with two attached hydrogens (primary N) is 1. The minimum Gasteiger partial charge on any atom is -0.465 e. The molecule has 0 aliphatic rings. The van der Waals surface area contributed by atoms with E-state index in [1.54, 1.807) is 0 Å². The summed E-state index contributed by atoms with van der Waals surface area (Å²) in [4.78, 5) is 15.8. The Labute approximate surface area is 80.7 Å². The minimum atomic E-state index is -0.363. The summed E-state index contributed by atoms with van der Waals surface area (Å²) in [6, 6.07) is 0. The molecule has 0 radical (unpaired) electrons. The maximum absolute atomic E-state index is 11.2. The fraction of sp³-hybridized carbons (Fsp3) is 0.500. The van der Waals surface area contributed by atoms with E-state index in [9.17, 15) is 4.79 Å². The van der Waals surface area contributed by atoms with Gasteiger partial charge in [-0.2, -0.15) is 0 Å². The topological polar surface area (TPSA) is 65.2 Å². The smallest absolute Gasteiger partial charge is 0.350 e. The molecule has 13 heavy (non-hydrogen) atoms. The first-order valence-corrected chi connectivity index (χ1v) is 4.72. The summed E-state index contributed by atoms with van der Waals surface area (Å²) in [6.45, 7) is 3.92. The van der Waals surface area contributed by atoms with Crippen molar-refractivity contribution in [2.24, 2.45) is 0 Å². The molecule has 0 aliphatic carbocycles. The predicted octanol–water partition coefficient (Wildman–Crippen LogP) is 1.64. The van der Waals surface area contributed by atoms with Gasteiger partial charge in [0.25, 0.3) is 0 Å². The molecule has 0 saturated carbocycles. The van der Waals surface area contributed by atoms with Crippen LogP contribution in [0.5, 0.6) is 0 Å². The van der Waals surface area contributed by atoms with Crippen LogP contribution in [-0.4, -0.2) is 18.1 Å². The number of aromatic nitrogens is 1. The molecule has 0 fully saturated rings. The van der Waals surface area contributed by atoms with Crippen LogP contribution in [0.2, 0.25) is 0 Å². The van der Waals surface area contributed by atoms with Crippen molar-refractivity contribution in [3.63, 3.8) is 0 Å². The third-order valence-corrected chi connectivity index (χ3v) is 2.47. The van der Waals surface area contributed by atoms with Gasteiger partial charge in [0.2, 0.25) is 0 Å². The van der Waals surface area contributed by atoms with E-state index in [2.05, 4.69) is 9.72 Å². The predicted molar refractivity (Wildman–Crippen MR) is 52.0 cm³/mol. The zero-order valence-electron chi connectivity index (χ0n) is 7.83. The van der Waals surface area contributed by atoms with Gasteiger partial charge in [-0.1, -0.05) is 25.2 Å². The van der Waals surface area contributed by atoms with Gasteiger partial charge in [0, 0.05) is 0 Å². The van der Waals surface area contributed by atoms with Crippen LogP contribution in [0.4, 0.5) is 5.13 Å². The number of methoxy groups -OCH3 is 1. The van der Waals surface area contributed by atoms with Crippen molar-refractivity contribution < 1.29 is 9.53 Å². The molecule has 1 heterocycles. The van der Waals surface area contributed by atoms with Crippen molar-refractivity contribution in [2.75, 3.05) is 12.8 Å². The zero-order valence-corrected chi connectivity index (χ0v) is 8.64. The van der Waals surface area contributed by atoms with E-state index in [1.807, 2.05) is 13.8 Å². The molecule has 5 heteroatoms. The number of hydrogen-bond acceptors (Lipinski definition) is 5. The molecular formula is C8H12N2O2S. The number of carbonyl (C=O) groups excluding carboxylic acids is 1. The van der Waals surface area contributed by atoms with E-state index in [1.165, 1.54) is 18.4 Å². The lowest BCUT2D eigenvalue weighted by Crippen LogP contribution is -2.03. The molecule has 0 amide bonds. The number of nitrogen functional groups attached to an aromatic ring is 1. The summed E-state index contributed by atoms with van der Waals surface area (Å²) in [5, 5.41) is 0.407. The van der Waals surface area contributed by atoms with Gasteiger partial charge in [-0.05, 0) is 5.92 Å². The van der Waals surface area contributed by atoms with E-state index in [0.717, 1.165) is 0 Å². The highest BCUT2D eigenvalue weighted by Gasteiger charge is 2.19. The van der Waals surface area contributed by atoms with E-state index in [0.29, 0.717) is 15.7 Å². The van der Waals surface area contributed by atoms with E-state index in [-0.39, 0.29) is 11.9 Å². The highest BCUT2D eigenvalue weighted by molar-refractivity contribution is 7.17. The molecule has 4 nitrogen and oxygen atoms in total. The molecule has 0 bridgehead atoms. The van der Waals surface area contributed by atoms with Gasteiger partial charge in [-0.25, -0.2) is 9.78 Å². The number of esters is 1. The lowest BCUT2D eigenvalue weighted by molar-refractivity contribution is 0.0604. The first-order valence-electron chi connectivity index (χ1n) is 3.90. The second kappa shape index (κ2) is 3.74. The largest absolute Gasteiger partial charge is 0.465 e. The average molecular weight is 200 g/mol. The van der Waals surface area contributed by atoms with E-state index < -0.39 is 0 Å². The highest BCUT2D eigenvalue weighted by Crippen LogP contribution is 2.26. The SMILES string of the molecule is COC(=O)c1sc(N)nc1C(C)C. The fourth-order valence-electron chi connectivity index (χ4n) is 0.979. The minimum absolute atomic E-state index is 0.183. The van der Waals surface area contributed by atoms with Crippen LogP contribution in [-0.2, 0) is 4.74 Å². The molecule has 72 valence electrons. The molecule has 1 aromatic heterocycles. The Morgan fingerprint density at radius 3 is 2.69 bits per heavy atom. The molecule has 0 atom stereocenters. The molecular weight excluding hydrogens is 188 g/mol. The van der Waals surface area contributed by atoms with Gasteiger partial charge in [0.05, 0.1) is 12.8 Å². The summed E-state index contributed by atoms with van der Waals surface area (Å²) < 4.78 is 4.62. The fourth-order valence-corrected chi connectivity index (χ4v) is 1.89. The van der Waals surface area contributed by atoms with Crippen LogP contribution < -0.4 is 5.73 Å². The summed E-state index contributed by atoms with van der Waals surface area (Å²) in [7, 11) is 1.35. The quantitative estimate of drug-likeness (QED) is 0.737. The summed E-state index contributed by atoms with van der Waals surface area (Å²) >= 11 is 1.17. The van der Waals surface area contributed by atoms with Gasteiger partial charge < -0.3 is 10.5 Å². The number of ether oxygens (including phenoxy) is 1. The van der Waals surface area contributed by atoms with Gasteiger partial charge in [0.15, 0.2) is 5.13 Å². The molecule has 0 aromatic carbocycles. The van der Waals surface area contributed by atoms with E-state index in [4.69, 9.17) is 5.73 Å². The Morgan fingerprint density at radius 2 is 2.23 bits per heavy atom. The van der Waals surface area contributed by atoms with Crippen molar-refractivity contribution in [2.45, 2.75) is 19.8 Å². The number of carbonyl (C=O) groups is 1. The molecule has 0 saturated heterocycles. The number of thiazole rings is 1. The molecule has 0 spiro atoms. The monoisotopic (exact) mass is 200 g/mol. The summed E-state index contributed by atoms with van der Waals surface area (Å²) in [6.07, 6.45) is 0. The van der Waals surface area contributed by atoms with Crippen molar-refractivity contribution in [3.8, 4) is 0 Å². The molecule has 0 unspecified atom stereocenters. The van der Waals surface area contributed by atoms with Crippen molar-refractivity contribution in [3.05, 3.63) is 10.6 Å². The maximum atomic E-state index is 11.2. The summed E-state index contributed by atoms with van der Waals surface area (Å²) in [5.41, 5.74) is 6.23. The van der Waals surface area contributed by atoms with Crippen LogP contribution >= 0.6 is 11.3 Å². The normalized spacial score (nSPS) is 10.5. The van der Waals surface area contributed by atoms with Gasteiger partial charge in [-0.3, -0.25) is 0 Å². The molecule has 2 N–H and O–H groups in total. The number of anilines is 1. The van der Waals surface area contributed by atoms with Gasteiger partial charge >= 0.3 is 5.97 Å². The molecule has 1 aromatic rings. The van der Waals surface area contributed by atoms with Crippen LogP contribution in [0, 0.1) is 0 Å². The second-order valence-electron chi connectivity index (χ2n) is 2.91. The maximum Gasteiger partial charge on any atom is 0.350 e. The number of hydrogen-bond donors (Lipinski definition) is 1. The van der Waals surface area contributed by atoms with Gasteiger partial charge in [0.1, 0.15) is 4.88 Å². The first-order chi connectivity index (χ1) is 6.06. The van der Waals surface area contributed by atoms with Crippen LogP contribution in [0.3, 0.4) is 0 Å². The standard InChI is InChI=1S/C8H12N2O2S/c1-4(2)5-6(7(11)12-3)13-8(9)10-5/h4H,1-3H3,(H2,9,10). The van der Waals surface area contributed by atoms with Crippen molar-refractivity contribution in [1.29, 1.82) is 0 Å². The third-order valence-electron chi connectivity index (χ3n) is 1.59. The van der Waals surface area contributed by atoms with Crippen LogP contribution in [0.15, 0.2) is 0 Å². The van der Waals surface area contributed by atoms with Crippen LogP contribution in [0.25, 0.3) is 0 Å². The Bertz CT molecular complexity index is 320. The highest BCUT2D eigenvalue weighted by atomic mass is 32.1. The Hall–Kier alpha value is -1.10. The van der Waals surface area contributed by atoms with Crippen molar-refractivity contribution in [1.82, 2.24) is 4.98 Å².